The summed E-state index contributed by atoms with van der Waals surface area (Å²) >= 11 is 6.91. The van der Waals surface area contributed by atoms with Crippen LogP contribution in [0.1, 0.15) is 36.7 Å². The number of benzene rings is 3. The average Bonchev–Trinajstić information content (AvgIpc) is 2.83. The maximum Gasteiger partial charge on any atom is 0.282 e. The molecule has 34 heavy (non-hydrogen) atoms. The number of fused-ring (bicyclic) bond motifs is 1. The number of aromatic nitrogens is 2. The number of hydrogen-bond acceptors (Lipinski definition) is 4. The fraction of sp³-hybridized carbons (Fsp3) is 0.192. The molecular weight excluding hydrogens is 565 g/mol. The number of nitrogens with zero attached hydrogens (tertiary/aromatic N) is 3. The topological polar surface area (TPSA) is 56.5 Å². The SMILES string of the molecule is CCCCc1nc2ccc(Br)cc2c(=O)n1N=Cc1cc(Br)ccc1OCc1ccc(F)cc1. The third kappa shape index (κ3) is 5.80. The molecule has 0 aliphatic carbocycles. The molecule has 0 saturated carbocycles. The zero-order valence-electron chi connectivity index (χ0n) is 18.5. The van der Waals surface area contributed by atoms with E-state index in [-0.39, 0.29) is 18.0 Å². The van der Waals surface area contributed by atoms with Gasteiger partial charge in [-0.15, -0.1) is 0 Å². The monoisotopic (exact) mass is 585 g/mol. The molecule has 174 valence electrons. The maximum absolute atomic E-state index is 13.3. The molecule has 0 radical (unpaired) electrons. The van der Waals surface area contributed by atoms with Crippen molar-refractivity contribution in [1.29, 1.82) is 0 Å². The number of unbranched alkanes of at least 4 members (excludes halogenated alkanes) is 1. The minimum Gasteiger partial charge on any atom is -0.488 e. The maximum atomic E-state index is 13.3. The Labute approximate surface area is 213 Å². The van der Waals surface area contributed by atoms with Gasteiger partial charge in [-0.2, -0.15) is 9.78 Å². The molecule has 0 fully saturated rings. The predicted molar refractivity (Wildman–Crippen MR) is 140 cm³/mol. The molecule has 5 nitrogen and oxygen atoms in total. The van der Waals surface area contributed by atoms with Gasteiger partial charge in [0.25, 0.3) is 5.56 Å². The lowest BCUT2D eigenvalue weighted by Gasteiger charge is -2.11. The Hall–Kier alpha value is -2.84. The summed E-state index contributed by atoms with van der Waals surface area (Å²) in [4.78, 5) is 18.0. The Morgan fingerprint density at radius 1 is 1.06 bits per heavy atom. The second-order valence-electron chi connectivity index (χ2n) is 7.75. The summed E-state index contributed by atoms with van der Waals surface area (Å²) in [6, 6.07) is 17.2. The first-order chi connectivity index (χ1) is 16.4. The van der Waals surface area contributed by atoms with Gasteiger partial charge in [0, 0.05) is 20.9 Å². The first-order valence-electron chi connectivity index (χ1n) is 10.9. The number of halogens is 3. The second kappa shape index (κ2) is 11.1. The molecular formula is C26H22Br2FN3O2. The zero-order chi connectivity index (χ0) is 24.1. The highest BCUT2D eigenvalue weighted by atomic mass is 79.9. The van der Waals surface area contributed by atoms with Crippen LogP contribution in [-0.4, -0.2) is 15.9 Å². The van der Waals surface area contributed by atoms with E-state index < -0.39 is 0 Å². The van der Waals surface area contributed by atoms with E-state index in [1.165, 1.54) is 16.8 Å². The fourth-order valence-corrected chi connectivity index (χ4v) is 4.16. The van der Waals surface area contributed by atoms with E-state index in [1.54, 1.807) is 24.4 Å². The molecule has 8 heteroatoms. The Balaban J connectivity index is 1.70. The minimum atomic E-state index is -0.291. The van der Waals surface area contributed by atoms with Crippen LogP contribution in [0.2, 0.25) is 0 Å². The predicted octanol–water partition coefficient (Wildman–Crippen LogP) is 6.86. The van der Waals surface area contributed by atoms with Gasteiger partial charge < -0.3 is 4.74 Å². The van der Waals surface area contributed by atoms with Crippen molar-refractivity contribution in [2.75, 3.05) is 0 Å². The van der Waals surface area contributed by atoms with E-state index in [0.717, 1.165) is 27.4 Å². The van der Waals surface area contributed by atoms with Crippen LogP contribution in [-0.2, 0) is 13.0 Å². The van der Waals surface area contributed by atoms with Crippen LogP contribution in [0.4, 0.5) is 4.39 Å². The zero-order valence-corrected chi connectivity index (χ0v) is 21.6. The highest BCUT2D eigenvalue weighted by Crippen LogP contribution is 2.23. The summed E-state index contributed by atoms with van der Waals surface area (Å²) in [5, 5.41) is 5.02. The van der Waals surface area contributed by atoms with Gasteiger partial charge in [0.05, 0.1) is 17.1 Å². The van der Waals surface area contributed by atoms with Gasteiger partial charge in [-0.1, -0.05) is 57.3 Å². The van der Waals surface area contributed by atoms with Crippen LogP contribution in [0.25, 0.3) is 10.9 Å². The van der Waals surface area contributed by atoms with E-state index in [1.807, 2.05) is 30.3 Å². The van der Waals surface area contributed by atoms with E-state index in [9.17, 15) is 9.18 Å². The van der Waals surface area contributed by atoms with Crippen LogP contribution in [0.5, 0.6) is 5.75 Å². The summed E-state index contributed by atoms with van der Waals surface area (Å²) in [6.45, 7) is 2.37. The van der Waals surface area contributed by atoms with Gasteiger partial charge >= 0.3 is 0 Å². The quantitative estimate of drug-likeness (QED) is 0.212. The molecule has 0 spiro atoms. The minimum absolute atomic E-state index is 0.225. The van der Waals surface area contributed by atoms with Crippen molar-refractivity contribution < 1.29 is 9.13 Å². The van der Waals surface area contributed by atoms with Gasteiger partial charge in [0.2, 0.25) is 0 Å². The van der Waals surface area contributed by atoms with Gasteiger partial charge in [-0.25, -0.2) is 9.37 Å². The fourth-order valence-electron chi connectivity index (χ4n) is 3.42. The van der Waals surface area contributed by atoms with Crippen molar-refractivity contribution >= 4 is 49.0 Å². The molecule has 0 N–H and O–H groups in total. The third-order valence-corrected chi connectivity index (χ3v) is 6.21. The van der Waals surface area contributed by atoms with Gasteiger partial charge in [-0.05, 0) is 60.5 Å². The highest BCUT2D eigenvalue weighted by molar-refractivity contribution is 9.10. The Morgan fingerprint density at radius 3 is 2.56 bits per heavy atom. The smallest absolute Gasteiger partial charge is 0.282 e. The lowest BCUT2D eigenvalue weighted by atomic mass is 10.2. The van der Waals surface area contributed by atoms with E-state index in [4.69, 9.17) is 9.72 Å². The molecule has 4 aromatic rings. The summed E-state index contributed by atoms with van der Waals surface area (Å²) in [6.07, 6.45) is 4.12. The molecule has 0 amide bonds. The lowest BCUT2D eigenvalue weighted by Crippen LogP contribution is -2.22. The summed E-state index contributed by atoms with van der Waals surface area (Å²) in [5.74, 6) is 0.915. The molecule has 0 atom stereocenters. The summed E-state index contributed by atoms with van der Waals surface area (Å²) in [7, 11) is 0. The Bertz CT molecular complexity index is 1400. The first kappa shape index (κ1) is 24.3. The van der Waals surface area contributed by atoms with Crippen molar-refractivity contribution in [3.63, 3.8) is 0 Å². The van der Waals surface area contributed by atoms with Crippen LogP contribution >= 0.6 is 31.9 Å². The van der Waals surface area contributed by atoms with Crippen molar-refractivity contribution in [2.24, 2.45) is 5.10 Å². The van der Waals surface area contributed by atoms with Crippen molar-refractivity contribution in [3.8, 4) is 5.75 Å². The van der Waals surface area contributed by atoms with Gasteiger partial charge in [-0.3, -0.25) is 4.79 Å². The molecule has 0 aliphatic heterocycles. The van der Waals surface area contributed by atoms with E-state index >= 15 is 0 Å². The summed E-state index contributed by atoms with van der Waals surface area (Å²) < 4.78 is 22.2. The normalized spacial score (nSPS) is 11.4. The Kier molecular flexibility index (Phi) is 7.90. The molecule has 3 aromatic carbocycles. The van der Waals surface area contributed by atoms with Gasteiger partial charge in [0.1, 0.15) is 24.0 Å². The standard InChI is InChI=1S/C26H22Br2FN3O2/c1-2-3-4-25-31-23-11-7-20(28)14-22(23)26(33)32(25)30-15-18-13-19(27)8-12-24(18)34-16-17-5-9-21(29)10-6-17/h5-15H,2-4,16H2,1H3. The highest BCUT2D eigenvalue weighted by Gasteiger charge is 2.11. The Morgan fingerprint density at radius 2 is 1.79 bits per heavy atom. The second-order valence-corrected chi connectivity index (χ2v) is 9.58. The number of ether oxygens (including phenoxy) is 1. The van der Waals surface area contributed by atoms with Crippen LogP contribution in [0.3, 0.4) is 0 Å². The molecule has 0 unspecified atom stereocenters. The van der Waals surface area contributed by atoms with E-state index in [2.05, 4.69) is 43.9 Å². The van der Waals surface area contributed by atoms with E-state index in [0.29, 0.717) is 34.5 Å². The molecule has 0 bridgehead atoms. The van der Waals surface area contributed by atoms with Gasteiger partial charge in [0.15, 0.2) is 0 Å². The number of rotatable bonds is 8. The molecule has 0 aliphatic rings. The molecule has 4 rings (SSSR count). The van der Waals surface area contributed by atoms with Crippen molar-refractivity contribution in [1.82, 2.24) is 9.66 Å². The van der Waals surface area contributed by atoms with Crippen LogP contribution < -0.4 is 10.3 Å². The lowest BCUT2D eigenvalue weighted by molar-refractivity contribution is 0.305. The third-order valence-electron chi connectivity index (χ3n) is 5.22. The van der Waals surface area contributed by atoms with Crippen LogP contribution in [0.15, 0.2) is 79.5 Å². The molecule has 1 heterocycles. The average molecular weight is 587 g/mol. The van der Waals surface area contributed by atoms with Crippen molar-refractivity contribution in [3.05, 3.63) is 103 Å². The number of hydrogen-bond donors (Lipinski definition) is 0. The molecule has 0 saturated heterocycles. The largest absolute Gasteiger partial charge is 0.488 e. The first-order valence-corrected chi connectivity index (χ1v) is 12.5. The van der Waals surface area contributed by atoms with Crippen molar-refractivity contribution in [2.45, 2.75) is 32.8 Å². The number of aryl methyl sites for hydroxylation is 1. The summed E-state index contributed by atoms with van der Waals surface area (Å²) in [5.41, 5.74) is 1.96. The molecule has 1 aromatic heterocycles. The van der Waals surface area contributed by atoms with Crippen LogP contribution in [0, 0.1) is 5.82 Å².